The molecule has 1 fully saturated rings. The maximum absolute atomic E-state index is 3.58. The lowest BCUT2D eigenvalue weighted by atomic mass is 9.99. The van der Waals surface area contributed by atoms with Gasteiger partial charge in [-0.05, 0) is 49.7 Å². The first-order valence-electron chi connectivity index (χ1n) is 5.69. The largest absolute Gasteiger partial charge is 0.303 e. The zero-order chi connectivity index (χ0) is 10.5. The minimum absolute atomic E-state index is 0.919. The Balaban J connectivity index is 1.69. The predicted octanol–water partition coefficient (Wildman–Crippen LogP) is 3.40. The Labute approximate surface area is 105 Å². The number of hydrogen-bond donors (Lipinski definition) is 0. The van der Waals surface area contributed by atoms with Crippen molar-refractivity contribution in [1.29, 1.82) is 0 Å². The molecule has 1 saturated heterocycles. The van der Waals surface area contributed by atoms with Crippen LogP contribution in [0.2, 0.25) is 0 Å². The smallest absolute Gasteiger partial charge is 0.00606 e. The van der Waals surface area contributed by atoms with E-state index >= 15 is 0 Å². The zero-order valence-electron chi connectivity index (χ0n) is 8.99. The van der Waals surface area contributed by atoms with E-state index < -0.39 is 0 Å². The molecule has 0 spiro atoms. The van der Waals surface area contributed by atoms with E-state index in [-0.39, 0.29) is 0 Å². The number of alkyl halides is 1. The first-order valence-corrected chi connectivity index (χ1v) is 7.69. The van der Waals surface area contributed by atoms with Crippen LogP contribution in [-0.2, 0) is 6.42 Å². The van der Waals surface area contributed by atoms with Crippen LogP contribution in [0, 0.1) is 5.92 Å². The molecule has 1 aliphatic rings. The minimum atomic E-state index is 0.919. The van der Waals surface area contributed by atoms with Gasteiger partial charge in [0.2, 0.25) is 0 Å². The third-order valence-electron chi connectivity index (χ3n) is 3.18. The Kier molecular flexibility index (Phi) is 4.66. The molecular formula is C12H18BrNS. The molecule has 2 rings (SSSR count). The van der Waals surface area contributed by atoms with Crippen molar-refractivity contribution in [2.45, 2.75) is 19.3 Å². The van der Waals surface area contributed by atoms with Gasteiger partial charge < -0.3 is 4.90 Å². The topological polar surface area (TPSA) is 3.24 Å². The lowest BCUT2D eigenvalue weighted by molar-refractivity contribution is 0.197. The van der Waals surface area contributed by atoms with E-state index in [2.05, 4.69) is 38.3 Å². The zero-order valence-corrected chi connectivity index (χ0v) is 11.4. The van der Waals surface area contributed by atoms with E-state index in [1.807, 2.05) is 11.3 Å². The van der Waals surface area contributed by atoms with Gasteiger partial charge >= 0.3 is 0 Å². The van der Waals surface area contributed by atoms with Crippen molar-refractivity contribution in [3.63, 3.8) is 0 Å². The Morgan fingerprint density at radius 3 is 2.80 bits per heavy atom. The van der Waals surface area contributed by atoms with Crippen LogP contribution in [0.3, 0.4) is 0 Å². The average molecular weight is 288 g/mol. The fourth-order valence-electron chi connectivity index (χ4n) is 2.09. The number of likely N-dealkylation sites (tertiary alicyclic amines) is 1. The monoisotopic (exact) mass is 287 g/mol. The van der Waals surface area contributed by atoms with Crippen molar-refractivity contribution < 1.29 is 0 Å². The predicted molar refractivity (Wildman–Crippen MR) is 71.0 cm³/mol. The molecule has 0 N–H and O–H groups in total. The summed E-state index contributed by atoms with van der Waals surface area (Å²) in [6.07, 6.45) is 3.97. The number of hydrogen-bond acceptors (Lipinski definition) is 2. The first kappa shape index (κ1) is 11.6. The highest BCUT2D eigenvalue weighted by molar-refractivity contribution is 9.09. The molecule has 1 aromatic rings. The van der Waals surface area contributed by atoms with Gasteiger partial charge in [0.1, 0.15) is 0 Å². The highest BCUT2D eigenvalue weighted by Gasteiger charge is 2.17. The molecule has 0 amide bonds. The van der Waals surface area contributed by atoms with Gasteiger partial charge in [0.25, 0.3) is 0 Å². The van der Waals surface area contributed by atoms with Gasteiger partial charge in [0.15, 0.2) is 0 Å². The van der Waals surface area contributed by atoms with Gasteiger partial charge in [0.05, 0.1) is 0 Å². The minimum Gasteiger partial charge on any atom is -0.303 e. The molecule has 2 heterocycles. The summed E-state index contributed by atoms with van der Waals surface area (Å²) in [5, 5.41) is 3.36. The van der Waals surface area contributed by atoms with E-state index in [9.17, 15) is 0 Å². The molecule has 15 heavy (non-hydrogen) atoms. The van der Waals surface area contributed by atoms with Crippen LogP contribution in [0.25, 0.3) is 0 Å². The summed E-state index contributed by atoms with van der Waals surface area (Å²) < 4.78 is 0. The van der Waals surface area contributed by atoms with Crippen molar-refractivity contribution >= 4 is 27.3 Å². The average Bonchev–Trinajstić information content (AvgIpc) is 2.80. The second kappa shape index (κ2) is 6.02. The van der Waals surface area contributed by atoms with E-state index in [0.717, 1.165) is 5.92 Å². The second-order valence-corrected chi connectivity index (χ2v) is 5.95. The maximum atomic E-state index is 3.58. The molecule has 1 aliphatic heterocycles. The van der Waals surface area contributed by atoms with E-state index in [1.165, 1.54) is 49.1 Å². The maximum Gasteiger partial charge on any atom is 0.00606 e. The molecule has 0 aliphatic carbocycles. The van der Waals surface area contributed by atoms with Crippen LogP contribution in [0.15, 0.2) is 17.5 Å². The summed E-state index contributed by atoms with van der Waals surface area (Å²) in [5.41, 5.74) is 0. The van der Waals surface area contributed by atoms with Gasteiger partial charge in [0, 0.05) is 16.8 Å². The van der Waals surface area contributed by atoms with E-state index in [1.54, 1.807) is 0 Å². The standard InChI is InChI=1S/C12H18BrNS/c13-10-11-3-6-14(7-4-11)8-5-12-2-1-9-15-12/h1-2,9,11H,3-8,10H2. The molecule has 3 heteroatoms. The normalized spacial score (nSPS) is 19.5. The number of thiophene rings is 1. The van der Waals surface area contributed by atoms with Crippen molar-refractivity contribution in [3.05, 3.63) is 22.4 Å². The van der Waals surface area contributed by atoms with Gasteiger partial charge in [-0.2, -0.15) is 0 Å². The molecule has 0 unspecified atom stereocenters. The SMILES string of the molecule is BrCC1CCN(CCc2cccs2)CC1. The lowest BCUT2D eigenvalue weighted by Crippen LogP contribution is -2.35. The molecule has 0 atom stereocenters. The van der Waals surface area contributed by atoms with Gasteiger partial charge in [-0.1, -0.05) is 22.0 Å². The Hall–Kier alpha value is 0.140. The van der Waals surface area contributed by atoms with Crippen molar-refractivity contribution in [2.75, 3.05) is 25.0 Å². The molecule has 0 saturated carbocycles. The van der Waals surface area contributed by atoms with E-state index in [4.69, 9.17) is 0 Å². The van der Waals surface area contributed by atoms with Crippen LogP contribution < -0.4 is 0 Å². The number of rotatable bonds is 4. The fourth-order valence-corrected chi connectivity index (χ4v) is 3.43. The summed E-state index contributed by atoms with van der Waals surface area (Å²) in [6, 6.07) is 4.40. The third kappa shape index (κ3) is 3.58. The summed E-state index contributed by atoms with van der Waals surface area (Å²) in [6.45, 7) is 3.83. The fraction of sp³-hybridized carbons (Fsp3) is 0.667. The second-order valence-electron chi connectivity index (χ2n) is 4.27. The Bertz CT molecular complexity index is 265. The van der Waals surface area contributed by atoms with Gasteiger partial charge in [-0.25, -0.2) is 0 Å². The molecule has 0 bridgehead atoms. The lowest BCUT2D eigenvalue weighted by Gasteiger charge is -2.30. The summed E-state index contributed by atoms with van der Waals surface area (Å²) in [4.78, 5) is 4.14. The molecular weight excluding hydrogens is 270 g/mol. The molecule has 0 radical (unpaired) electrons. The molecule has 84 valence electrons. The van der Waals surface area contributed by atoms with Crippen LogP contribution in [0.5, 0.6) is 0 Å². The quantitative estimate of drug-likeness (QED) is 0.768. The summed E-state index contributed by atoms with van der Waals surface area (Å²) in [5.74, 6) is 0.919. The number of nitrogens with zero attached hydrogens (tertiary/aromatic N) is 1. The van der Waals surface area contributed by atoms with E-state index in [0.29, 0.717) is 0 Å². The van der Waals surface area contributed by atoms with Crippen molar-refractivity contribution in [3.8, 4) is 0 Å². The molecule has 0 aromatic carbocycles. The van der Waals surface area contributed by atoms with Crippen LogP contribution in [0.1, 0.15) is 17.7 Å². The number of piperidine rings is 1. The Morgan fingerprint density at radius 1 is 1.40 bits per heavy atom. The van der Waals surface area contributed by atoms with Crippen molar-refractivity contribution in [1.82, 2.24) is 4.90 Å². The highest BCUT2D eigenvalue weighted by atomic mass is 79.9. The summed E-state index contributed by atoms with van der Waals surface area (Å²) in [7, 11) is 0. The number of halogens is 1. The molecule has 1 nitrogen and oxygen atoms in total. The van der Waals surface area contributed by atoms with Crippen LogP contribution >= 0.6 is 27.3 Å². The third-order valence-corrected chi connectivity index (χ3v) is 5.03. The summed E-state index contributed by atoms with van der Waals surface area (Å²) >= 11 is 5.47. The van der Waals surface area contributed by atoms with Crippen molar-refractivity contribution in [2.24, 2.45) is 5.92 Å². The molecule has 1 aromatic heterocycles. The highest BCUT2D eigenvalue weighted by Crippen LogP contribution is 2.19. The first-order chi connectivity index (χ1) is 7.38. The van der Waals surface area contributed by atoms with Crippen LogP contribution in [-0.4, -0.2) is 29.9 Å². The van der Waals surface area contributed by atoms with Gasteiger partial charge in [-0.15, -0.1) is 11.3 Å². The van der Waals surface area contributed by atoms with Crippen LogP contribution in [0.4, 0.5) is 0 Å². The Morgan fingerprint density at radius 2 is 2.20 bits per heavy atom. The van der Waals surface area contributed by atoms with Gasteiger partial charge in [-0.3, -0.25) is 0 Å².